The normalized spacial score (nSPS) is 17.8. The fourth-order valence-electron chi connectivity index (χ4n) is 2.13. The van der Waals surface area contributed by atoms with Crippen LogP contribution in [0.2, 0.25) is 10.0 Å². The van der Waals surface area contributed by atoms with Gasteiger partial charge in [0.25, 0.3) is 0 Å². The van der Waals surface area contributed by atoms with E-state index >= 15 is 0 Å². The lowest BCUT2D eigenvalue weighted by molar-refractivity contribution is 0.416. The van der Waals surface area contributed by atoms with E-state index in [4.69, 9.17) is 23.2 Å². The predicted octanol–water partition coefficient (Wildman–Crippen LogP) is 4.37. The molecule has 0 aliphatic heterocycles. The number of halogens is 2. The van der Waals surface area contributed by atoms with Gasteiger partial charge in [-0.25, -0.2) is 0 Å². The van der Waals surface area contributed by atoms with Crippen LogP contribution in [-0.2, 0) is 0 Å². The Hall–Kier alpha value is -0.400. The minimum absolute atomic E-state index is 0.411. The molecule has 2 rings (SSSR count). The van der Waals surface area contributed by atoms with E-state index in [-0.39, 0.29) is 0 Å². The summed E-state index contributed by atoms with van der Waals surface area (Å²) in [6.07, 6.45) is 2.28. The van der Waals surface area contributed by atoms with Crippen LogP contribution in [0.25, 0.3) is 0 Å². The number of hydrogen-bond acceptors (Lipinski definition) is 3. The standard InChI is InChI=1S/C14H16Cl2N2S/c1-2-18-14(8-17,10-3-4-10)9-19-11-5-6-12(15)13(16)7-11/h5-7,10,18H,2-4,9H2,1H3. The van der Waals surface area contributed by atoms with Crippen LogP contribution in [0.4, 0.5) is 0 Å². The average Bonchev–Trinajstić information content (AvgIpc) is 3.23. The van der Waals surface area contributed by atoms with Gasteiger partial charge in [0, 0.05) is 10.6 Å². The topological polar surface area (TPSA) is 35.8 Å². The van der Waals surface area contributed by atoms with Crippen LogP contribution in [0.5, 0.6) is 0 Å². The molecule has 0 amide bonds. The molecule has 0 radical (unpaired) electrons. The highest BCUT2D eigenvalue weighted by Crippen LogP contribution is 2.42. The molecule has 1 aromatic rings. The van der Waals surface area contributed by atoms with Gasteiger partial charge in [0.15, 0.2) is 0 Å². The Balaban J connectivity index is 2.06. The highest BCUT2D eigenvalue weighted by Gasteiger charge is 2.45. The van der Waals surface area contributed by atoms with Crippen molar-refractivity contribution in [3.05, 3.63) is 28.2 Å². The zero-order valence-corrected chi connectivity index (χ0v) is 13.1. The molecule has 102 valence electrons. The lowest BCUT2D eigenvalue weighted by Crippen LogP contribution is -2.48. The lowest BCUT2D eigenvalue weighted by Gasteiger charge is -2.27. The first-order chi connectivity index (χ1) is 9.11. The first-order valence-corrected chi connectivity index (χ1v) is 8.09. The zero-order valence-electron chi connectivity index (χ0n) is 10.7. The summed E-state index contributed by atoms with van der Waals surface area (Å²) >= 11 is 13.6. The Bertz CT molecular complexity index is 497. The van der Waals surface area contributed by atoms with Gasteiger partial charge in [0.2, 0.25) is 0 Å². The van der Waals surface area contributed by atoms with E-state index in [2.05, 4.69) is 11.4 Å². The van der Waals surface area contributed by atoms with Crippen LogP contribution in [0, 0.1) is 17.2 Å². The third-order valence-corrected chi connectivity index (χ3v) is 5.25. The summed E-state index contributed by atoms with van der Waals surface area (Å²) in [6, 6.07) is 8.08. The molecule has 0 aromatic heterocycles. The molecule has 0 saturated heterocycles. The number of nitriles is 1. The van der Waals surface area contributed by atoms with Crippen molar-refractivity contribution < 1.29 is 0 Å². The van der Waals surface area contributed by atoms with Gasteiger partial charge in [-0.15, -0.1) is 11.8 Å². The number of rotatable bonds is 6. The fourth-order valence-corrected chi connectivity index (χ4v) is 3.66. The van der Waals surface area contributed by atoms with E-state index < -0.39 is 5.54 Å². The maximum absolute atomic E-state index is 9.52. The molecule has 2 nitrogen and oxygen atoms in total. The third-order valence-electron chi connectivity index (χ3n) is 3.32. The van der Waals surface area contributed by atoms with E-state index in [1.165, 1.54) is 0 Å². The Morgan fingerprint density at radius 3 is 2.68 bits per heavy atom. The summed E-state index contributed by atoms with van der Waals surface area (Å²) in [5.74, 6) is 1.22. The Labute approximate surface area is 128 Å². The van der Waals surface area contributed by atoms with Crippen LogP contribution in [0.3, 0.4) is 0 Å². The van der Waals surface area contributed by atoms with Crippen molar-refractivity contribution in [3.8, 4) is 6.07 Å². The minimum Gasteiger partial charge on any atom is -0.299 e. The van der Waals surface area contributed by atoms with Gasteiger partial charge in [0.1, 0.15) is 5.54 Å². The molecule has 1 aliphatic rings. The fraction of sp³-hybridized carbons (Fsp3) is 0.500. The quantitative estimate of drug-likeness (QED) is 0.792. The van der Waals surface area contributed by atoms with E-state index in [1.54, 1.807) is 17.8 Å². The Morgan fingerprint density at radius 2 is 2.16 bits per heavy atom. The van der Waals surface area contributed by atoms with Crippen LogP contribution >= 0.6 is 35.0 Å². The first-order valence-electron chi connectivity index (χ1n) is 6.35. The molecular weight excluding hydrogens is 299 g/mol. The smallest absolute Gasteiger partial charge is 0.119 e. The largest absolute Gasteiger partial charge is 0.299 e. The zero-order chi connectivity index (χ0) is 13.9. The van der Waals surface area contributed by atoms with Crippen molar-refractivity contribution in [1.29, 1.82) is 5.26 Å². The highest BCUT2D eigenvalue weighted by molar-refractivity contribution is 7.99. The molecule has 0 bridgehead atoms. The molecule has 1 fully saturated rings. The van der Waals surface area contributed by atoms with Crippen molar-refractivity contribution in [1.82, 2.24) is 5.32 Å². The van der Waals surface area contributed by atoms with Gasteiger partial charge in [-0.2, -0.15) is 5.26 Å². The van der Waals surface area contributed by atoms with E-state index in [1.807, 2.05) is 19.1 Å². The summed E-state index contributed by atoms with van der Waals surface area (Å²) in [5.41, 5.74) is -0.411. The SMILES string of the molecule is CCNC(C#N)(CSc1ccc(Cl)c(Cl)c1)C1CC1. The number of hydrogen-bond donors (Lipinski definition) is 1. The van der Waals surface area contributed by atoms with Gasteiger partial charge in [-0.1, -0.05) is 30.1 Å². The number of nitrogens with one attached hydrogen (secondary N) is 1. The van der Waals surface area contributed by atoms with Gasteiger partial charge < -0.3 is 0 Å². The second-order valence-electron chi connectivity index (χ2n) is 4.75. The maximum atomic E-state index is 9.52. The highest BCUT2D eigenvalue weighted by atomic mass is 35.5. The Kier molecular flexibility index (Phi) is 5.03. The van der Waals surface area contributed by atoms with E-state index in [9.17, 15) is 5.26 Å². The third kappa shape index (κ3) is 3.58. The molecule has 1 aromatic carbocycles. The molecular formula is C14H16Cl2N2S. The van der Waals surface area contributed by atoms with E-state index in [0.717, 1.165) is 30.0 Å². The second kappa shape index (κ2) is 6.37. The second-order valence-corrected chi connectivity index (χ2v) is 6.62. The molecule has 19 heavy (non-hydrogen) atoms. The van der Waals surface area contributed by atoms with Crippen molar-refractivity contribution in [2.75, 3.05) is 12.3 Å². The lowest BCUT2D eigenvalue weighted by atomic mass is 9.98. The molecule has 5 heteroatoms. The van der Waals surface area contributed by atoms with Crippen molar-refractivity contribution in [2.24, 2.45) is 5.92 Å². The molecule has 1 atom stereocenters. The van der Waals surface area contributed by atoms with Crippen molar-refractivity contribution in [2.45, 2.75) is 30.2 Å². The Morgan fingerprint density at radius 1 is 1.42 bits per heavy atom. The van der Waals surface area contributed by atoms with Crippen molar-refractivity contribution >= 4 is 35.0 Å². The molecule has 0 spiro atoms. The number of thioether (sulfide) groups is 1. The molecule has 1 N–H and O–H groups in total. The molecule has 1 saturated carbocycles. The summed E-state index contributed by atoms with van der Waals surface area (Å²) in [5, 5.41) is 14.0. The summed E-state index contributed by atoms with van der Waals surface area (Å²) in [7, 11) is 0. The predicted molar refractivity (Wildman–Crippen MR) is 81.9 cm³/mol. The minimum atomic E-state index is -0.411. The average molecular weight is 315 g/mol. The van der Waals surface area contributed by atoms with Crippen LogP contribution in [0.15, 0.2) is 23.1 Å². The van der Waals surface area contributed by atoms with Gasteiger partial charge >= 0.3 is 0 Å². The summed E-state index contributed by atoms with van der Waals surface area (Å²) in [6.45, 7) is 2.85. The molecule has 1 unspecified atom stereocenters. The number of nitrogens with zero attached hydrogens (tertiary/aromatic N) is 1. The van der Waals surface area contributed by atoms with E-state index in [0.29, 0.717) is 16.0 Å². The van der Waals surface area contributed by atoms with Gasteiger partial charge in [-0.3, -0.25) is 5.32 Å². The van der Waals surface area contributed by atoms with Crippen LogP contribution in [-0.4, -0.2) is 17.8 Å². The van der Waals surface area contributed by atoms with Crippen LogP contribution in [0.1, 0.15) is 19.8 Å². The summed E-state index contributed by atoms with van der Waals surface area (Å²) < 4.78 is 0. The first kappa shape index (κ1) is 15.0. The molecule has 0 heterocycles. The van der Waals surface area contributed by atoms with Crippen molar-refractivity contribution in [3.63, 3.8) is 0 Å². The maximum Gasteiger partial charge on any atom is 0.119 e. The monoisotopic (exact) mass is 314 g/mol. The van der Waals surface area contributed by atoms with Gasteiger partial charge in [-0.05, 0) is 43.5 Å². The van der Waals surface area contributed by atoms with Crippen LogP contribution < -0.4 is 5.32 Å². The summed E-state index contributed by atoms with van der Waals surface area (Å²) in [4.78, 5) is 1.05. The number of benzene rings is 1. The van der Waals surface area contributed by atoms with Gasteiger partial charge in [0.05, 0.1) is 16.1 Å². The molecule has 1 aliphatic carbocycles.